The van der Waals surface area contributed by atoms with Gasteiger partial charge in [0.25, 0.3) is 10.0 Å². The van der Waals surface area contributed by atoms with E-state index in [-0.39, 0.29) is 27.6 Å². The van der Waals surface area contributed by atoms with Crippen molar-refractivity contribution in [1.29, 1.82) is 0 Å². The lowest BCUT2D eigenvalue weighted by Crippen LogP contribution is -2.43. The summed E-state index contributed by atoms with van der Waals surface area (Å²) in [6.07, 6.45) is 3.51. The molecular weight excluding hydrogens is 288 g/mol. The fraction of sp³-hybridized carbons (Fsp3) is 0.727. The van der Waals surface area contributed by atoms with E-state index in [9.17, 15) is 18.3 Å². The number of rotatable bonds is 4. The molecule has 0 aliphatic heterocycles. The number of aliphatic hydroxyl groups is 1. The summed E-state index contributed by atoms with van der Waals surface area (Å²) in [4.78, 5) is 13.3. The Morgan fingerprint density at radius 2 is 2.11 bits per heavy atom. The maximum absolute atomic E-state index is 12.3. The minimum Gasteiger partial charge on any atom is -0.396 e. The van der Waals surface area contributed by atoms with Crippen LogP contribution in [0.15, 0.2) is 9.00 Å². The molecule has 2 unspecified atom stereocenters. The van der Waals surface area contributed by atoms with Crippen LogP contribution in [0.5, 0.6) is 0 Å². The van der Waals surface area contributed by atoms with E-state index in [1.165, 1.54) is 0 Å². The zero-order valence-corrected chi connectivity index (χ0v) is 12.3. The molecule has 2 atom stereocenters. The number of aliphatic hydroxyl groups excluding tert-OH is 1. The predicted molar refractivity (Wildman–Crippen MR) is 72.8 cm³/mol. The van der Waals surface area contributed by atoms with E-state index in [4.69, 9.17) is 0 Å². The quantitative estimate of drug-likeness (QED) is 0.757. The molecule has 1 aliphatic carbocycles. The molecule has 0 amide bonds. The third-order valence-electron chi connectivity index (χ3n) is 3.48. The van der Waals surface area contributed by atoms with E-state index in [2.05, 4.69) is 9.71 Å². The van der Waals surface area contributed by atoms with Gasteiger partial charge in [0.1, 0.15) is 0 Å². The van der Waals surface area contributed by atoms with Crippen molar-refractivity contribution in [2.75, 3.05) is 6.61 Å². The Bertz CT molecular complexity index is 590. The highest BCUT2D eigenvalue weighted by atomic mass is 32.2. The van der Waals surface area contributed by atoms with Gasteiger partial charge in [0.05, 0.1) is 0 Å². The Kier molecular flexibility index (Phi) is 4.44. The van der Waals surface area contributed by atoms with Crippen LogP contribution in [0.4, 0.5) is 0 Å². The van der Waals surface area contributed by atoms with Crippen molar-refractivity contribution in [1.82, 2.24) is 9.71 Å². The molecule has 3 N–H and O–H groups in total. The summed E-state index contributed by atoms with van der Waals surface area (Å²) in [6, 6.07) is -0.250. The maximum Gasteiger partial charge on any atom is 0.305 e. The summed E-state index contributed by atoms with van der Waals surface area (Å²) in [6.45, 7) is 1.55. The van der Waals surface area contributed by atoms with Gasteiger partial charge in [-0.3, -0.25) is 4.79 Å². The van der Waals surface area contributed by atoms with Crippen LogP contribution in [-0.4, -0.2) is 31.2 Å². The van der Waals surface area contributed by atoms with Crippen molar-refractivity contribution in [2.45, 2.75) is 42.9 Å². The highest BCUT2D eigenvalue weighted by Crippen LogP contribution is 2.26. The number of aryl methyl sites for hydroxylation is 1. The molecule has 1 heterocycles. The number of aromatic amines is 1. The van der Waals surface area contributed by atoms with Gasteiger partial charge in [-0.15, -0.1) is 0 Å². The normalized spacial score (nSPS) is 24.5. The van der Waals surface area contributed by atoms with Crippen molar-refractivity contribution >= 4 is 21.4 Å². The topological polar surface area (TPSA) is 99.3 Å². The van der Waals surface area contributed by atoms with Gasteiger partial charge in [-0.25, -0.2) is 13.1 Å². The van der Waals surface area contributed by atoms with Crippen molar-refractivity contribution in [3.63, 3.8) is 0 Å². The van der Waals surface area contributed by atoms with Crippen LogP contribution in [-0.2, 0) is 10.0 Å². The SMILES string of the molecule is Cc1[nH]c(=O)sc1S(=O)(=O)NC1CCCCC1CO. The fourth-order valence-electron chi connectivity index (χ4n) is 2.48. The van der Waals surface area contributed by atoms with Gasteiger partial charge in [-0.2, -0.15) is 0 Å². The molecule has 0 radical (unpaired) electrons. The van der Waals surface area contributed by atoms with Crippen LogP contribution < -0.4 is 9.60 Å². The van der Waals surface area contributed by atoms with Gasteiger partial charge >= 0.3 is 4.87 Å². The lowest BCUT2D eigenvalue weighted by Gasteiger charge is -2.30. The van der Waals surface area contributed by atoms with E-state index in [1.807, 2.05) is 0 Å². The second-order valence-electron chi connectivity index (χ2n) is 4.88. The van der Waals surface area contributed by atoms with Crippen molar-refractivity contribution < 1.29 is 13.5 Å². The summed E-state index contributed by atoms with van der Waals surface area (Å²) in [5.41, 5.74) is 0.360. The Morgan fingerprint density at radius 1 is 1.42 bits per heavy atom. The van der Waals surface area contributed by atoms with Gasteiger partial charge < -0.3 is 10.1 Å². The van der Waals surface area contributed by atoms with Crippen LogP contribution in [0.25, 0.3) is 0 Å². The van der Waals surface area contributed by atoms with Crippen molar-refractivity contribution in [3.8, 4) is 0 Å². The molecule has 1 aliphatic rings. The molecule has 1 saturated carbocycles. The Morgan fingerprint density at radius 3 is 2.68 bits per heavy atom. The molecule has 1 aromatic heterocycles. The van der Waals surface area contributed by atoms with E-state index < -0.39 is 10.0 Å². The average molecular weight is 306 g/mol. The number of aromatic nitrogens is 1. The zero-order chi connectivity index (χ0) is 14.0. The summed E-state index contributed by atoms with van der Waals surface area (Å²) in [7, 11) is -3.69. The first-order valence-electron chi connectivity index (χ1n) is 6.27. The first-order valence-corrected chi connectivity index (χ1v) is 8.57. The lowest BCUT2D eigenvalue weighted by atomic mass is 9.86. The molecule has 1 fully saturated rings. The van der Waals surface area contributed by atoms with Gasteiger partial charge in [0, 0.05) is 18.3 Å². The second kappa shape index (κ2) is 5.74. The van der Waals surface area contributed by atoms with E-state index >= 15 is 0 Å². The average Bonchev–Trinajstić information content (AvgIpc) is 2.69. The Labute approximate surface area is 115 Å². The van der Waals surface area contributed by atoms with E-state index in [0.717, 1.165) is 25.7 Å². The molecule has 0 spiro atoms. The number of thiazole rings is 1. The van der Waals surface area contributed by atoms with Crippen LogP contribution in [0, 0.1) is 12.8 Å². The van der Waals surface area contributed by atoms with E-state index in [1.54, 1.807) is 6.92 Å². The number of hydrogen-bond donors (Lipinski definition) is 3. The fourth-order valence-corrected chi connectivity index (χ4v) is 5.14. The highest BCUT2D eigenvalue weighted by molar-refractivity contribution is 7.91. The lowest BCUT2D eigenvalue weighted by molar-refractivity contribution is 0.164. The third kappa shape index (κ3) is 3.25. The first kappa shape index (κ1) is 14.7. The zero-order valence-electron chi connectivity index (χ0n) is 10.7. The predicted octanol–water partition coefficient (Wildman–Crippen LogP) is 0.574. The largest absolute Gasteiger partial charge is 0.396 e. The van der Waals surface area contributed by atoms with Crippen LogP contribution in [0.1, 0.15) is 31.4 Å². The van der Waals surface area contributed by atoms with Crippen molar-refractivity contribution in [2.24, 2.45) is 5.92 Å². The molecule has 0 aromatic carbocycles. The highest BCUT2D eigenvalue weighted by Gasteiger charge is 2.30. The van der Waals surface area contributed by atoms with Gasteiger partial charge in [0.15, 0.2) is 4.21 Å². The monoisotopic (exact) mass is 306 g/mol. The van der Waals surface area contributed by atoms with Crippen molar-refractivity contribution in [3.05, 3.63) is 15.4 Å². The summed E-state index contributed by atoms with van der Waals surface area (Å²) >= 11 is 0.695. The molecule has 2 rings (SSSR count). The molecule has 108 valence electrons. The molecule has 19 heavy (non-hydrogen) atoms. The minimum atomic E-state index is -3.69. The molecule has 0 saturated heterocycles. The van der Waals surface area contributed by atoms with Gasteiger partial charge in [0.2, 0.25) is 0 Å². The third-order valence-corrected chi connectivity index (χ3v) is 6.57. The maximum atomic E-state index is 12.3. The van der Waals surface area contributed by atoms with Gasteiger partial charge in [-0.1, -0.05) is 24.2 Å². The Balaban J connectivity index is 2.21. The van der Waals surface area contributed by atoms with Crippen LogP contribution in [0.3, 0.4) is 0 Å². The van der Waals surface area contributed by atoms with Crippen LogP contribution >= 0.6 is 11.3 Å². The number of H-pyrrole nitrogens is 1. The number of nitrogens with one attached hydrogen (secondary N) is 2. The van der Waals surface area contributed by atoms with Crippen LogP contribution in [0.2, 0.25) is 0 Å². The van der Waals surface area contributed by atoms with E-state index in [0.29, 0.717) is 17.0 Å². The summed E-state index contributed by atoms with van der Waals surface area (Å²) in [5, 5.41) is 9.30. The molecule has 0 bridgehead atoms. The standard InChI is InChI=1S/C11H18N2O4S2/c1-7-10(18-11(15)12-7)19(16,17)13-9-5-3-2-4-8(9)6-14/h8-9,13-14H,2-6H2,1H3,(H,12,15). The van der Waals surface area contributed by atoms with Gasteiger partial charge in [-0.05, 0) is 25.7 Å². The number of sulfonamides is 1. The first-order chi connectivity index (χ1) is 8.94. The molecule has 8 heteroatoms. The number of hydrogen-bond acceptors (Lipinski definition) is 5. The minimum absolute atomic E-state index is 0.0183. The second-order valence-corrected chi connectivity index (χ2v) is 7.77. The summed E-state index contributed by atoms with van der Waals surface area (Å²) in [5.74, 6) is -0.0421. The summed E-state index contributed by atoms with van der Waals surface area (Å²) < 4.78 is 27.2. The Hall–Kier alpha value is -0.700. The smallest absolute Gasteiger partial charge is 0.305 e. The molecular formula is C11H18N2O4S2. The molecule has 1 aromatic rings. The molecule has 6 nitrogen and oxygen atoms in total.